The van der Waals surface area contributed by atoms with Gasteiger partial charge in [-0.1, -0.05) is 41.9 Å². The zero-order valence-corrected chi connectivity index (χ0v) is 19.7. The van der Waals surface area contributed by atoms with Crippen molar-refractivity contribution in [1.29, 1.82) is 0 Å². The predicted molar refractivity (Wildman–Crippen MR) is 134 cm³/mol. The lowest BCUT2D eigenvalue weighted by Crippen LogP contribution is -2.12. The molecule has 0 saturated heterocycles. The molecule has 0 radical (unpaired) electrons. The highest BCUT2D eigenvalue weighted by molar-refractivity contribution is 7.16. The highest BCUT2D eigenvalue weighted by atomic mass is 35.5. The molecule has 2 aromatic carbocycles. The van der Waals surface area contributed by atoms with Crippen LogP contribution in [0.3, 0.4) is 0 Å². The lowest BCUT2D eigenvalue weighted by molar-refractivity contribution is 0.0998. The zero-order chi connectivity index (χ0) is 23.8. The Morgan fingerprint density at radius 3 is 2.85 bits per heavy atom. The van der Waals surface area contributed by atoms with Gasteiger partial charge in [-0.2, -0.15) is 0 Å². The summed E-state index contributed by atoms with van der Waals surface area (Å²) >= 11 is 7.53. The summed E-state index contributed by atoms with van der Waals surface area (Å²) in [6.07, 6.45) is 3.77. The van der Waals surface area contributed by atoms with Crippen molar-refractivity contribution >= 4 is 51.7 Å². The van der Waals surface area contributed by atoms with Gasteiger partial charge in [0.1, 0.15) is 28.1 Å². The van der Waals surface area contributed by atoms with Crippen molar-refractivity contribution in [2.45, 2.75) is 25.7 Å². The molecule has 2 N–H and O–H groups in total. The molecule has 34 heavy (non-hydrogen) atoms. The van der Waals surface area contributed by atoms with E-state index in [1.807, 2.05) is 54.0 Å². The van der Waals surface area contributed by atoms with Gasteiger partial charge in [-0.15, -0.1) is 11.3 Å². The Hall–Kier alpha value is -3.49. The number of imidazole rings is 1. The molecular weight excluding hydrogens is 475 g/mol. The Morgan fingerprint density at radius 1 is 1.29 bits per heavy atom. The fraction of sp³-hybridized carbons (Fsp3) is 0.160. The number of ether oxygens (including phenoxy) is 1. The molecule has 1 aliphatic heterocycles. The van der Waals surface area contributed by atoms with Gasteiger partial charge in [0.2, 0.25) is 0 Å². The van der Waals surface area contributed by atoms with Crippen molar-refractivity contribution in [2.24, 2.45) is 10.7 Å². The van der Waals surface area contributed by atoms with Gasteiger partial charge < -0.3 is 10.5 Å². The van der Waals surface area contributed by atoms with Crippen LogP contribution in [0.2, 0.25) is 5.02 Å². The van der Waals surface area contributed by atoms with E-state index < -0.39 is 12.2 Å². The molecule has 0 aliphatic carbocycles. The minimum atomic E-state index is -1.18. The molecule has 1 unspecified atom stereocenters. The molecule has 2 aromatic heterocycles. The third-order valence-corrected chi connectivity index (χ3v) is 7.06. The van der Waals surface area contributed by atoms with Gasteiger partial charge >= 0.3 is 0 Å². The largest absolute Gasteiger partial charge is 0.484 e. The monoisotopic (exact) mass is 494 g/mol. The Balaban J connectivity index is 1.48. The van der Waals surface area contributed by atoms with E-state index in [-0.39, 0.29) is 12.5 Å². The molecule has 4 aromatic rings. The van der Waals surface area contributed by atoms with Gasteiger partial charge in [-0.05, 0) is 36.3 Å². The number of dihydropyridines is 1. The second-order valence-corrected chi connectivity index (χ2v) is 9.29. The van der Waals surface area contributed by atoms with E-state index in [1.54, 1.807) is 24.7 Å². The number of nitrogens with two attached hydrogens (primary N) is 1. The van der Waals surface area contributed by atoms with E-state index in [2.05, 4.69) is 9.98 Å². The molecule has 9 heteroatoms. The van der Waals surface area contributed by atoms with Crippen molar-refractivity contribution in [1.82, 2.24) is 9.55 Å². The first-order valence-corrected chi connectivity index (χ1v) is 11.8. The maximum atomic E-state index is 13.3. The first-order chi connectivity index (χ1) is 16.4. The summed E-state index contributed by atoms with van der Waals surface area (Å²) in [6, 6.07) is 15.0. The summed E-state index contributed by atoms with van der Waals surface area (Å²) < 4.78 is 21.3. The number of primary amides is 1. The number of aliphatic imine (C=N–C) groups is 1. The number of thiophene rings is 1. The number of nitrogens with zero attached hydrogens (tertiary/aromatic N) is 3. The molecule has 1 aliphatic rings. The van der Waals surface area contributed by atoms with E-state index in [4.69, 9.17) is 22.1 Å². The van der Waals surface area contributed by atoms with Crippen LogP contribution in [-0.4, -0.2) is 28.0 Å². The van der Waals surface area contributed by atoms with Crippen LogP contribution >= 0.6 is 22.9 Å². The van der Waals surface area contributed by atoms with Crippen LogP contribution in [0.1, 0.15) is 40.2 Å². The third kappa shape index (κ3) is 4.22. The number of allylic oxidation sites excluding steroid dienone is 1. The summed E-state index contributed by atoms with van der Waals surface area (Å²) in [5.74, 6) is -0.179. The maximum Gasteiger partial charge on any atom is 0.262 e. The molecule has 0 saturated carbocycles. The molecule has 1 amide bonds. The highest BCUT2D eigenvalue weighted by Crippen LogP contribution is 2.37. The van der Waals surface area contributed by atoms with Crippen LogP contribution in [0, 0.1) is 0 Å². The van der Waals surface area contributed by atoms with E-state index in [0.717, 1.165) is 32.7 Å². The van der Waals surface area contributed by atoms with Crippen LogP contribution in [0.4, 0.5) is 4.39 Å². The van der Waals surface area contributed by atoms with Gasteiger partial charge in [0, 0.05) is 29.3 Å². The van der Waals surface area contributed by atoms with Gasteiger partial charge in [0.15, 0.2) is 6.30 Å². The van der Waals surface area contributed by atoms with Gasteiger partial charge in [-0.3, -0.25) is 14.4 Å². The van der Waals surface area contributed by atoms with Crippen molar-refractivity contribution in [3.63, 3.8) is 0 Å². The molecule has 0 bridgehead atoms. The summed E-state index contributed by atoms with van der Waals surface area (Å²) in [7, 11) is 0. The number of alkyl halides is 1. The number of halogens is 2. The number of hydrogen-bond acceptors (Lipinski definition) is 5. The number of carbonyl (C=O) groups is 1. The number of benzene rings is 2. The van der Waals surface area contributed by atoms with Crippen LogP contribution in [0.5, 0.6) is 5.75 Å². The topological polar surface area (TPSA) is 82.5 Å². The molecule has 0 fully saturated rings. The fourth-order valence-electron chi connectivity index (χ4n) is 3.86. The molecular formula is C25H20ClFN4O2S. The molecule has 3 heterocycles. The van der Waals surface area contributed by atoms with Crippen molar-refractivity contribution in [3.05, 3.63) is 82.0 Å². The minimum Gasteiger partial charge on any atom is -0.484 e. The fourth-order valence-corrected chi connectivity index (χ4v) is 5.07. The summed E-state index contributed by atoms with van der Waals surface area (Å²) in [4.78, 5) is 20.8. The maximum absolute atomic E-state index is 13.3. The van der Waals surface area contributed by atoms with Gasteiger partial charge in [0.05, 0.1) is 11.0 Å². The Morgan fingerprint density at radius 2 is 2.12 bits per heavy atom. The standard InChI is InChI=1S/C25H20ClFN4O2S/c1-14(17-4-2-3-5-18(17)26)33-21-11-23(34-24(21)25(28)32)31-13-30-19-10-15(6-8-20(19)31)16-7-9-22(27)29-12-16/h2-8,10-14,22H,9H2,1H3,(H2,28,32)/t14-,22?/m1/s1. The van der Waals surface area contributed by atoms with Crippen molar-refractivity contribution in [2.75, 3.05) is 0 Å². The summed E-state index contributed by atoms with van der Waals surface area (Å²) in [5.41, 5.74) is 9.84. The molecule has 172 valence electrons. The first-order valence-electron chi connectivity index (χ1n) is 10.6. The Kier molecular flexibility index (Phi) is 5.93. The minimum absolute atomic E-state index is 0.263. The molecule has 6 nitrogen and oxygen atoms in total. The van der Waals surface area contributed by atoms with E-state index >= 15 is 0 Å². The number of carbonyl (C=O) groups excluding carboxylic acids is 1. The number of aromatic nitrogens is 2. The second kappa shape index (κ2) is 9.04. The molecule has 5 rings (SSSR count). The Labute approximate surface area is 204 Å². The first kappa shape index (κ1) is 22.3. The summed E-state index contributed by atoms with van der Waals surface area (Å²) in [5, 5.41) is 1.33. The highest BCUT2D eigenvalue weighted by Gasteiger charge is 2.21. The van der Waals surface area contributed by atoms with Crippen LogP contribution in [0.25, 0.3) is 21.6 Å². The number of amides is 1. The zero-order valence-electron chi connectivity index (χ0n) is 18.1. The molecule has 2 atom stereocenters. The quantitative estimate of drug-likeness (QED) is 0.327. The van der Waals surface area contributed by atoms with E-state index in [9.17, 15) is 9.18 Å². The summed E-state index contributed by atoms with van der Waals surface area (Å²) in [6.45, 7) is 1.87. The number of hydrogen-bond donors (Lipinski definition) is 1. The van der Waals surface area contributed by atoms with Gasteiger partial charge in [0.25, 0.3) is 5.91 Å². The Bertz CT molecular complexity index is 1460. The smallest absolute Gasteiger partial charge is 0.262 e. The average Bonchev–Trinajstić information content (AvgIpc) is 3.43. The van der Waals surface area contributed by atoms with Crippen molar-refractivity contribution < 1.29 is 13.9 Å². The van der Waals surface area contributed by atoms with Crippen LogP contribution in [0.15, 0.2) is 65.9 Å². The predicted octanol–water partition coefficient (Wildman–Crippen LogP) is 6.13. The third-order valence-electron chi connectivity index (χ3n) is 5.58. The van der Waals surface area contributed by atoms with Crippen LogP contribution < -0.4 is 10.5 Å². The number of rotatable bonds is 6. The lowest BCUT2D eigenvalue weighted by atomic mass is 10.0. The van der Waals surface area contributed by atoms with Crippen molar-refractivity contribution in [3.8, 4) is 10.8 Å². The van der Waals surface area contributed by atoms with E-state index in [0.29, 0.717) is 15.6 Å². The average molecular weight is 495 g/mol. The molecule has 0 spiro atoms. The normalized spacial score (nSPS) is 16.4. The SMILES string of the molecule is C[C@@H](Oc1cc(-n2cnc3cc(C4=CCC(F)N=C4)ccc32)sc1C(N)=O)c1ccccc1Cl. The van der Waals surface area contributed by atoms with Gasteiger partial charge in [-0.25, -0.2) is 9.37 Å². The lowest BCUT2D eigenvalue weighted by Gasteiger charge is -2.16. The van der Waals surface area contributed by atoms with Crippen LogP contribution in [-0.2, 0) is 0 Å². The number of fused-ring (bicyclic) bond motifs is 1. The second-order valence-electron chi connectivity index (χ2n) is 7.85. The van der Waals surface area contributed by atoms with E-state index in [1.165, 1.54) is 11.3 Å².